The number of aromatic nitrogens is 1. The second kappa shape index (κ2) is 13.5. The van der Waals surface area contributed by atoms with E-state index in [2.05, 4.69) is 18.2 Å². The van der Waals surface area contributed by atoms with Gasteiger partial charge in [-0.25, -0.2) is 0 Å². The van der Waals surface area contributed by atoms with Gasteiger partial charge in [-0.1, -0.05) is 57.4 Å². The standard InChI is InChI=1S/C21H31N5.2ClH.Mn.3H2/c1-3-10-20-18(8-1)22-12-13-23-19-9-2-4-11-21(19)25-15-17-7-5-6-16(26-17)14-24-20;;;;;;/h5-7,18-21H,1-4,8-15H2;2*1H;;3*1H/q-4;;;+2;;;/p-2/t18-,19?,20-,21?;;;;;;/m1....../s1. The van der Waals surface area contributed by atoms with Crippen LogP contribution in [-0.4, -0.2) is 42.2 Å². The summed E-state index contributed by atoms with van der Waals surface area (Å²) in [6.45, 7) is 3.12. The van der Waals surface area contributed by atoms with Gasteiger partial charge < -0.3 is 21.3 Å². The third-order valence-corrected chi connectivity index (χ3v) is 6.06. The summed E-state index contributed by atoms with van der Waals surface area (Å²) in [5.41, 5.74) is 2.14. The van der Waals surface area contributed by atoms with Crippen molar-refractivity contribution in [2.24, 2.45) is 0 Å². The summed E-state index contributed by atoms with van der Waals surface area (Å²) in [7, 11) is 9.59. The first-order chi connectivity index (χ1) is 14.3. The number of hydrogen-bond acceptors (Lipinski definition) is 1. The smallest absolute Gasteiger partial charge is 0.0201 e. The maximum Gasteiger partial charge on any atom is 0.0201 e. The Hall–Kier alpha value is 0.0895. The van der Waals surface area contributed by atoms with E-state index >= 15 is 0 Å². The van der Waals surface area contributed by atoms with Gasteiger partial charge >= 0.3 is 33.3 Å². The Kier molecular flexibility index (Phi) is 11.0. The van der Waals surface area contributed by atoms with Gasteiger partial charge in [-0.05, 0) is 12.1 Å². The molecule has 1 aromatic heterocycles. The van der Waals surface area contributed by atoms with Crippen LogP contribution < -0.4 is 0 Å². The number of halogens is 2. The van der Waals surface area contributed by atoms with Gasteiger partial charge in [0.1, 0.15) is 0 Å². The minimum absolute atomic E-state index is 0. The number of rotatable bonds is 0. The molecule has 4 rings (SSSR count). The molecular formula is C21H37Cl2MnN5-4. The second-order valence-corrected chi connectivity index (χ2v) is 9.96. The minimum Gasteiger partial charge on any atom is -0.662 e. The number of pyridine rings is 1. The van der Waals surface area contributed by atoms with Gasteiger partial charge in [-0.2, -0.15) is 37.3 Å². The van der Waals surface area contributed by atoms with E-state index in [-0.39, 0.29) is 17.4 Å². The van der Waals surface area contributed by atoms with Crippen molar-refractivity contribution in [3.05, 3.63) is 50.9 Å². The van der Waals surface area contributed by atoms with Gasteiger partial charge in [0.05, 0.1) is 0 Å². The van der Waals surface area contributed by atoms with Crippen LogP contribution in [0.25, 0.3) is 21.3 Å². The zero-order valence-electron chi connectivity index (χ0n) is 16.9. The normalized spacial score (nSPS) is 31.1. The molecule has 2 unspecified atom stereocenters. The summed E-state index contributed by atoms with van der Waals surface area (Å²) in [6.07, 6.45) is 9.84. The molecule has 2 bridgehead atoms. The van der Waals surface area contributed by atoms with Gasteiger partial charge in [0, 0.05) is 15.7 Å². The maximum atomic E-state index is 4.99. The molecule has 171 valence electrons. The molecule has 2 heterocycles. The molecule has 5 nitrogen and oxygen atoms in total. The zero-order chi connectivity index (χ0) is 20.3. The summed E-state index contributed by atoms with van der Waals surface area (Å²) < 4.78 is 0. The molecule has 1 aliphatic heterocycles. The summed E-state index contributed by atoms with van der Waals surface area (Å²) in [6, 6.07) is 7.81. The molecule has 4 atom stereocenters. The van der Waals surface area contributed by atoms with Crippen molar-refractivity contribution in [3.63, 3.8) is 0 Å². The quantitative estimate of drug-likeness (QED) is 0.355. The van der Waals surface area contributed by atoms with Gasteiger partial charge in [0.2, 0.25) is 0 Å². The van der Waals surface area contributed by atoms with Gasteiger partial charge in [0.15, 0.2) is 0 Å². The topological polar surface area (TPSA) is 69.3 Å². The minimum atomic E-state index is 0. The zero-order valence-corrected chi connectivity index (χ0v) is 19.6. The number of fused-ring (bicyclic) bond motifs is 4. The number of hydrogen-bond donors (Lipinski definition) is 0. The fraction of sp³-hybridized carbons (Fsp3) is 0.762. The predicted molar refractivity (Wildman–Crippen MR) is 125 cm³/mol. The van der Waals surface area contributed by atoms with Crippen LogP contribution in [0.15, 0.2) is 18.2 Å². The van der Waals surface area contributed by atoms with Crippen LogP contribution in [0.1, 0.15) is 67.0 Å². The Labute approximate surface area is 194 Å². The van der Waals surface area contributed by atoms with Crippen molar-refractivity contribution in [2.45, 2.75) is 88.6 Å². The van der Waals surface area contributed by atoms with E-state index in [0.717, 1.165) is 24.5 Å². The van der Waals surface area contributed by atoms with Crippen LogP contribution in [0.2, 0.25) is 0 Å². The monoisotopic (exact) mass is 484 g/mol. The van der Waals surface area contributed by atoms with Gasteiger partial charge in [0.25, 0.3) is 0 Å². The van der Waals surface area contributed by atoms with E-state index in [1.807, 2.05) is 0 Å². The van der Waals surface area contributed by atoms with Gasteiger partial charge in [-0.3, -0.25) is 4.98 Å². The van der Waals surface area contributed by atoms with Crippen LogP contribution in [0, 0.1) is 0 Å². The summed E-state index contributed by atoms with van der Waals surface area (Å²) in [5, 5.41) is 19.9. The number of nitrogens with zero attached hydrogens (tertiary/aromatic N) is 5. The van der Waals surface area contributed by atoms with Crippen molar-refractivity contribution in [3.8, 4) is 0 Å². The van der Waals surface area contributed by atoms with Crippen molar-refractivity contribution in [1.29, 1.82) is 0 Å². The fourth-order valence-electron chi connectivity index (χ4n) is 4.61. The van der Waals surface area contributed by atoms with E-state index in [0.29, 0.717) is 37.3 Å². The third kappa shape index (κ3) is 7.93. The summed E-state index contributed by atoms with van der Waals surface area (Å²) >= 11 is 0.00694. The molecule has 2 saturated carbocycles. The van der Waals surface area contributed by atoms with E-state index in [9.17, 15) is 0 Å². The summed E-state index contributed by atoms with van der Waals surface area (Å²) in [5.74, 6) is 0. The Morgan fingerprint density at radius 3 is 1.52 bits per heavy atom. The van der Waals surface area contributed by atoms with Crippen LogP contribution in [-0.2, 0) is 26.2 Å². The first-order valence-corrected chi connectivity index (χ1v) is 14.0. The van der Waals surface area contributed by atoms with E-state index in [1.54, 1.807) is 0 Å². The third-order valence-electron chi connectivity index (χ3n) is 6.06. The Balaban J connectivity index is 0.00000152. The van der Waals surface area contributed by atoms with Crippen molar-refractivity contribution in [2.75, 3.05) is 13.1 Å². The molecule has 0 radical (unpaired) electrons. The molecule has 2 fully saturated rings. The molecule has 0 aromatic carbocycles. The SMILES string of the molecule is [Cl][Mn][Cl].[HH].[HH].[HH].c1cc2nc(c1)C[N-][C@@H]1CCCC[C@H]1[N-]CC[N-]C1CCCCC1[N-]C2. The molecule has 2 aliphatic carbocycles. The molecule has 0 amide bonds. The molecular weight excluding hydrogens is 448 g/mol. The van der Waals surface area contributed by atoms with Gasteiger partial charge in [-0.15, -0.1) is 13.1 Å². The average molecular weight is 485 g/mol. The largest absolute Gasteiger partial charge is 0.662 e. The van der Waals surface area contributed by atoms with Crippen LogP contribution in [0.3, 0.4) is 0 Å². The Morgan fingerprint density at radius 2 is 1.10 bits per heavy atom. The summed E-state index contributed by atoms with van der Waals surface area (Å²) in [4.78, 5) is 4.81. The molecule has 29 heavy (non-hydrogen) atoms. The molecule has 0 saturated heterocycles. The van der Waals surface area contributed by atoms with Crippen LogP contribution in [0.4, 0.5) is 0 Å². The molecule has 3 aliphatic rings. The maximum absolute atomic E-state index is 4.99. The molecule has 8 heteroatoms. The van der Waals surface area contributed by atoms with E-state index in [4.69, 9.17) is 46.4 Å². The average Bonchev–Trinajstić information content (AvgIpc) is 2.76. The van der Waals surface area contributed by atoms with Crippen molar-refractivity contribution < 1.29 is 17.4 Å². The second-order valence-electron chi connectivity index (χ2n) is 8.01. The van der Waals surface area contributed by atoms with Crippen LogP contribution >= 0.6 is 20.2 Å². The van der Waals surface area contributed by atoms with Crippen molar-refractivity contribution >= 4 is 20.2 Å². The Bertz CT molecular complexity index is 563. The molecule has 0 N–H and O–H groups in total. The molecule has 0 spiro atoms. The van der Waals surface area contributed by atoms with Crippen LogP contribution in [0.5, 0.6) is 0 Å². The molecule has 1 aromatic rings. The van der Waals surface area contributed by atoms with E-state index < -0.39 is 0 Å². The Morgan fingerprint density at radius 1 is 0.724 bits per heavy atom. The van der Waals surface area contributed by atoms with Crippen molar-refractivity contribution in [1.82, 2.24) is 4.98 Å². The predicted octanol–water partition coefficient (Wildman–Crippen LogP) is 7.33. The fourth-order valence-corrected chi connectivity index (χ4v) is 4.61. The first-order valence-electron chi connectivity index (χ1n) is 10.8. The first kappa shape index (κ1) is 23.7. The van der Waals surface area contributed by atoms with E-state index in [1.165, 1.54) is 51.4 Å².